The molecule has 29 heavy (non-hydrogen) atoms. The first-order valence-corrected chi connectivity index (χ1v) is 11.0. The quantitative estimate of drug-likeness (QED) is 0.781. The van der Waals surface area contributed by atoms with Gasteiger partial charge in [0, 0.05) is 42.9 Å². The molecule has 0 N–H and O–H groups in total. The number of nitrogens with zero attached hydrogens (tertiary/aromatic N) is 3. The Morgan fingerprint density at radius 1 is 1.17 bits per heavy atom. The van der Waals surface area contributed by atoms with Crippen molar-refractivity contribution in [2.24, 2.45) is 17.8 Å². The van der Waals surface area contributed by atoms with Crippen LogP contribution in [0.2, 0.25) is 0 Å². The molecule has 2 aliphatic carbocycles. The molecule has 154 valence electrons. The summed E-state index contributed by atoms with van der Waals surface area (Å²) in [7, 11) is 4.33. The molecule has 5 heteroatoms. The Morgan fingerprint density at radius 2 is 1.97 bits per heavy atom. The lowest BCUT2D eigenvalue weighted by Crippen LogP contribution is -2.48. The third-order valence-corrected chi connectivity index (χ3v) is 7.13. The number of carbonyl (C=O) groups excluding carboxylic acids is 1. The molecule has 5 nitrogen and oxygen atoms in total. The molecule has 1 aromatic carbocycles. The summed E-state index contributed by atoms with van der Waals surface area (Å²) in [5.41, 5.74) is 1.71. The van der Waals surface area contributed by atoms with Crippen LogP contribution in [0.4, 0.5) is 0 Å². The van der Waals surface area contributed by atoms with E-state index in [9.17, 15) is 4.79 Å². The second kappa shape index (κ2) is 7.69. The Hall–Kier alpha value is -1.98. The van der Waals surface area contributed by atoms with Gasteiger partial charge in [0.05, 0.1) is 11.6 Å². The Morgan fingerprint density at radius 3 is 2.72 bits per heavy atom. The fourth-order valence-corrected chi connectivity index (χ4v) is 5.21. The summed E-state index contributed by atoms with van der Waals surface area (Å²) in [4.78, 5) is 22.0. The lowest BCUT2D eigenvalue weighted by atomic mass is 9.77. The van der Waals surface area contributed by atoms with E-state index in [-0.39, 0.29) is 5.91 Å². The number of amides is 1. The number of rotatable bonds is 5. The fraction of sp³-hybridized carbons (Fsp3) is 0.583. The van der Waals surface area contributed by atoms with E-state index in [4.69, 9.17) is 4.74 Å². The maximum absolute atomic E-state index is 13.2. The van der Waals surface area contributed by atoms with Crippen LogP contribution in [0.5, 0.6) is 0 Å². The predicted molar refractivity (Wildman–Crippen MR) is 114 cm³/mol. The Bertz CT molecular complexity index is 895. The van der Waals surface area contributed by atoms with Gasteiger partial charge in [0.2, 0.25) is 0 Å². The summed E-state index contributed by atoms with van der Waals surface area (Å²) in [5, 5.41) is 1.02. The van der Waals surface area contributed by atoms with Crippen LogP contribution in [-0.2, 0) is 4.74 Å². The predicted octanol–water partition coefficient (Wildman–Crippen LogP) is 3.44. The van der Waals surface area contributed by atoms with Gasteiger partial charge in [0.15, 0.2) is 0 Å². The number of likely N-dealkylation sites (N-methyl/N-ethyl adjacent to an activating group) is 1. The average Bonchev–Trinajstić information content (AvgIpc) is 3.47. The van der Waals surface area contributed by atoms with Crippen molar-refractivity contribution in [2.75, 3.05) is 33.8 Å². The summed E-state index contributed by atoms with van der Waals surface area (Å²) in [6.45, 7) is 2.65. The Labute approximate surface area is 173 Å². The number of ether oxygens (including phenoxy) is 1. The second-order valence-electron chi connectivity index (χ2n) is 9.46. The van der Waals surface area contributed by atoms with Crippen LogP contribution in [-0.4, -0.2) is 66.6 Å². The van der Waals surface area contributed by atoms with Crippen LogP contribution in [0.1, 0.15) is 36.0 Å². The standard InChI is InChI=1S/C24H31N3O2/c1-26(2)22-11-19-13-27(14-20(19)12-23(22)29-15-16-5-6-16)24(28)18-7-8-21-17(10-18)4-3-9-25-21/h3-4,7-10,16,19-20,22-23H,5-6,11-15H2,1-2H3/t19-,20+,22-,23-/m1/s1. The van der Waals surface area contributed by atoms with E-state index in [2.05, 4.69) is 28.9 Å². The molecule has 3 aliphatic rings. The van der Waals surface area contributed by atoms with E-state index in [1.165, 1.54) is 12.8 Å². The molecule has 1 aliphatic heterocycles. The summed E-state index contributed by atoms with van der Waals surface area (Å²) in [6.07, 6.45) is 6.94. The minimum Gasteiger partial charge on any atom is -0.376 e. The van der Waals surface area contributed by atoms with E-state index >= 15 is 0 Å². The van der Waals surface area contributed by atoms with Crippen molar-refractivity contribution in [1.82, 2.24) is 14.8 Å². The van der Waals surface area contributed by atoms with Crippen LogP contribution >= 0.6 is 0 Å². The lowest BCUT2D eigenvalue weighted by Gasteiger charge is -2.41. The SMILES string of the molecule is CN(C)[C@@H]1C[C@@H]2CN(C(=O)c3ccc4ncccc4c3)C[C@@H]2C[C@H]1OCC1CC1. The van der Waals surface area contributed by atoms with Crippen LogP contribution < -0.4 is 0 Å². The van der Waals surface area contributed by atoms with Gasteiger partial charge in [-0.15, -0.1) is 0 Å². The molecule has 0 spiro atoms. The van der Waals surface area contributed by atoms with Crippen LogP contribution in [0, 0.1) is 17.8 Å². The molecule has 0 bridgehead atoms. The largest absolute Gasteiger partial charge is 0.376 e. The fourth-order valence-electron chi connectivity index (χ4n) is 5.21. The number of carbonyl (C=O) groups is 1. The molecular formula is C24H31N3O2. The molecule has 3 fully saturated rings. The number of likely N-dealkylation sites (tertiary alicyclic amines) is 1. The van der Waals surface area contributed by atoms with E-state index in [1.807, 2.05) is 30.3 Å². The van der Waals surface area contributed by atoms with Gasteiger partial charge in [-0.1, -0.05) is 6.07 Å². The maximum atomic E-state index is 13.2. The molecule has 1 aromatic heterocycles. The maximum Gasteiger partial charge on any atom is 0.253 e. The monoisotopic (exact) mass is 393 g/mol. The summed E-state index contributed by atoms with van der Waals surface area (Å²) in [5.74, 6) is 2.08. The van der Waals surface area contributed by atoms with Gasteiger partial charge in [0.1, 0.15) is 0 Å². The van der Waals surface area contributed by atoms with Crippen molar-refractivity contribution < 1.29 is 9.53 Å². The average molecular weight is 394 g/mol. The molecule has 2 aromatic rings. The topological polar surface area (TPSA) is 45.7 Å². The van der Waals surface area contributed by atoms with Crippen molar-refractivity contribution in [3.05, 3.63) is 42.1 Å². The molecule has 0 radical (unpaired) electrons. The minimum absolute atomic E-state index is 0.155. The highest BCUT2D eigenvalue weighted by molar-refractivity contribution is 5.98. The number of fused-ring (bicyclic) bond motifs is 2. The molecule has 2 heterocycles. The van der Waals surface area contributed by atoms with Crippen molar-refractivity contribution in [3.63, 3.8) is 0 Å². The van der Waals surface area contributed by atoms with E-state index in [0.29, 0.717) is 24.0 Å². The van der Waals surface area contributed by atoms with Crippen molar-refractivity contribution in [3.8, 4) is 0 Å². The van der Waals surface area contributed by atoms with Gasteiger partial charge in [0.25, 0.3) is 5.91 Å². The zero-order valence-corrected chi connectivity index (χ0v) is 17.5. The van der Waals surface area contributed by atoms with Gasteiger partial charge in [-0.25, -0.2) is 0 Å². The molecule has 5 rings (SSSR count). The first-order chi connectivity index (χ1) is 14.1. The molecule has 1 saturated heterocycles. The first kappa shape index (κ1) is 19.0. The summed E-state index contributed by atoms with van der Waals surface area (Å²) < 4.78 is 6.37. The number of pyridine rings is 1. The normalized spacial score (nSPS) is 29.4. The molecular weight excluding hydrogens is 362 g/mol. The highest BCUT2D eigenvalue weighted by Gasteiger charge is 2.45. The van der Waals surface area contributed by atoms with Gasteiger partial charge >= 0.3 is 0 Å². The summed E-state index contributed by atoms with van der Waals surface area (Å²) >= 11 is 0. The molecule has 0 unspecified atom stereocenters. The van der Waals surface area contributed by atoms with Gasteiger partial charge < -0.3 is 14.5 Å². The zero-order chi connectivity index (χ0) is 20.0. The third-order valence-electron chi connectivity index (χ3n) is 7.13. The number of aromatic nitrogens is 1. The number of hydrogen-bond acceptors (Lipinski definition) is 4. The highest BCUT2D eigenvalue weighted by Crippen LogP contribution is 2.40. The van der Waals surface area contributed by atoms with Gasteiger partial charge in [-0.2, -0.15) is 0 Å². The molecule has 4 atom stereocenters. The Balaban J connectivity index is 1.29. The summed E-state index contributed by atoms with van der Waals surface area (Å²) in [6, 6.07) is 10.3. The number of benzene rings is 1. The molecule has 2 saturated carbocycles. The van der Waals surface area contributed by atoms with E-state index < -0.39 is 0 Å². The smallest absolute Gasteiger partial charge is 0.253 e. The van der Waals surface area contributed by atoms with Gasteiger partial charge in [-0.05, 0) is 81.8 Å². The van der Waals surface area contributed by atoms with E-state index in [1.54, 1.807) is 6.20 Å². The first-order valence-electron chi connectivity index (χ1n) is 11.0. The van der Waals surface area contributed by atoms with Crippen molar-refractivity contribution >= 4 is 16.8 Å². The third kappa shape index (κ3) is 3.90. The van der Waals surface area contributed by atoms with Crippen LogP contribution in [0.25, 0.3) is 10.9 Å². The van der Waals surface area contributed by atoms with E-state index in [0.717, 1.165) is 54.9 Å². The Kier molecular flexibility index (Phi) is 5.04. The highest BCUT2D eigenvalue weighted by atomic mass is 16.5. The number of hydrogen-bond donors (Lipinski definition) is 0. The lowest BCUT2D eigenvalue weighted by molar-refractivity contribution is -0.0493. The van der Waals surface area contributed by atoms with Gasteiger partial charge in [-0.3, -0.25) is 9.78 Å². The molecule has 1 amide bonds. The second-order valence-corrected chi connectivity index (χ2v) is 9.46. The van der Waals surface area contributed by atoms with Crippen molar-refractivity contribution in [1.29, 1.82) is 0 Å². The van der Waals surface area contributed by atoms with Crippen LogP contribution in [0.15, 0.2) is 36.5 Å². The zero-order valence-electron chi connectivity index (χ0n) is 17.5. The van der Waals surface area contributed by atoms with Crippen molar-refractivity contribution in [2.45, 2.75) is 37.8 Å². The van der Waals surface area contributed by atoms with Crippen LogP contribution in [0.3, 0.4) is 0 Å². The minimum atomic E-state index is 0.155.